The van der Waals surface area contributed by atoms with Crippen LogP contribution in [0.25, 0.3) is 11.4 Å². The lowest BCUT2D eigenvalue weighted by Crippen LogP contribution is -1.87. The van der Waals surface area contributed by atoms with Gasteiger partial charge in [-0.05, 0) is 34.1 Å². The lowest BCUT2D eigenvalue weighted by molar-refractivity contribution is 1.16. The van der Waals surface area contributed by atoms with Crippen molar-refractivity contribution in [3.05, 3.63) is 41.4 Å². The van der Waals surface area contributed by atoms with Crippen LogP contribution in [0.5, 0.6) is 0 Å². The fourth-order valence-electron chi connectivity index (χ4n) is 0.956. The van der Waals surface area contributed by atoms with Crippen LogP contribution in [0.15, 0.2) is 41.4 Å². The number of rotatable bonds is 1. The molecule has 0 aromatic carbocycles. The van der Waals surface area contributed by atoms with Gasteiger partial charge in [0.25, 0.3) is 0 Å². The highest BCUT2D eigenvalue weighted by molar-refractivity contribution is 9.10. The molecule has 0 amide bonds. The predicted octanol–water partition coefficient (Wildman–Crippen LogP) is 2.30. The fraction of sp³-hybridized carbons (Fsp3) is 0. The summed E-state index contributed by atoms with van der Waals surface area (Å²) >= 11 is 3.27. The Bertz CT molecular complexity index is 385. The summed E-state index contributed by atoms with van der Waals surface area (Å²) in [6.07, 6.45) is 5.16. The van der Waals surface area contributed by atoms with Crippen molar-refractivity contribution in [1.82, 2.24) is 15.0 Å². The molecule has 0 aliphatic carbocycles. The molecule has 2 aromatic rings. The Morgan fingerprint density at radius 3 is 2.38 bits per heavy atom. The molecule has 0 saturated heterocycles. The topological polar surface area (TPSA) is 38.7 Å². The van der Waals surface area contributed by atoms with Crippen LogP contribution in [0.1, 0.15) is 0 Å². The number of halogens is 1. The maximum absolute atomic E-state index is 4.11. The molecule has 64 valence electrons. The van der Waals surface area contributed by atoms with Crippen LogP contribution in [0.2, 0.25) is 0 Å². The molecule has 13 heavy (non-hydrogen) atoms. The van der Waals surface area contributed by atoms with Crippen molar-refractivity contribution in [2.45, 2.75) is 0 Å². The largest absolute Gasteiger partial charge is 0.249 e. The third-order valence-electron chi connectivity index (χ3n) is 1.55. The molecule has 4 heteroatoms. The number of hydrogen-bond acceptors (Lipinski definition) is 3. The second-order valence-electron chi connectivity index (χ2n) is 2.44. The van der Waals surface area contributed by atoms with Crippen LogP contribution < -0.4 is 0 Å². The van der Waals surface area contributed by atoms with E-state index < -0.39 is 0 Å². The average Bonchev–Trinajstić information content (AvgIpc) is 2.20. The van der Waals surface area contributed by atoms with E-state index in [0.717, 1.165) is 10.2 Å². The smallest absolute Gasteiger partial charge is 0.160 e. The van der Waals surface area contributed by atoms with Gasteiger partial charge in [0.2, 0.25) is 0 Å². The van der Waals surface area contributed by atoms with Crippen LogP contribution in [0.3, 0.4) is 0 Å². The molecular formula is C9H6BrN3. The minimum absolute atomic E-state index is 0.697. The maximum Gasteiger partial charge on any atom is 0.160 e. The van der Waals surface area contributed by atoms with Crippen molar-refractivity contribution in [3.63, 3.8) is 0 Å². The first-order chi connectivity index (χ1) is 6.36. The van der Waals surface area contributed by atoms with E-state index in [1.165, 1.54) is 0 Å². The van der Waals surface area contributed by atoms with E-state index >= 15 is 0 Å². The molecular weight excluding hydrogens is 230 g/mol. The second kappa shape index (κ2) is 3.62. The van der Waals surface area contributed by atoms with E-state index in [9.17, 15) is 0 Å². The van der Waals surface area contributed by atoms with E-state index in [-0.39, 0.29) is 0 Å². The lowest BCUT2D eigenvalue weighted by Gasteiger charge is -1.97. The first kappa shape index (κ1) is 8.31. The number of pyridine rings is 1. The molecule has 0 radical (unpaired) electrons. The van der Waals surface area contributed by atoms with Gasteiger partial charge in [-0.1, -0.05) is 0 Å². The summed E-state index contributed by atoms with van der Waals surface area (Å²) in [5.41, 5.74) is 0.920. The number of nitrogens with zero attached hydrogens (tertiary/aromatic N) is 3. The Balaban J connectivity index is 2.42. The van der Waals surface area contributed by atoms with Crippen molar-refractivity contribution >= 4 is 15.9 Å². The quantitative estimate of drug-likeness (QED) is 0.713. The number of hydrogen-bond donors (Lipinski definition) is 0. The van der Waals surface area contributed by atoms with E-state index in [0.29, 0.717) is 5.82 Å². The zero-order valence-corrected chi connectivity index (χ0v) is 8.27. The monoisotopic (exact) mass is 235 g/mol. The molecule has 0 N–H and O–H groups in total. The second-order valence-corrected chi connectivity index (χ2v) is 3.25. The van der Waals surface area contributed by atoms with E-state index in [1.54, 1.807) is 24.7 Å². The van der Waals surface area contributed by atoms with Gasteiger partial charge in [-0.3, -0.25) is 0 Å². The molecule has 0 fully saturated rings. The number of aromatic nitrogens is 3. The molecule has 0 bridgehead atoms. The molecule has 2 rings (SSSR count). The van der Waals surface area contributed by atoms with Crippen molar-refractivity contribution in [1.29, 1.82) is 0 Å². The molecule has 0 saturated carbocycles. The Morgan fingerprint density at radius 1 is 1.00 bits per heavy atom. The summed E-state index contributed by atoms with van der Waals surface area (Å²) in [5.74, 6) is 0.697. The molecule has 0 aliphatic heterocycles. The minimum atomic E-state index is 0.697. The van der Waals surface area contributed by atoms with Crippen LogP contribution in [-0.4, -0.2) is 15.0 Å². The average molecular weight is 236 g/mol. The fourth-order valence-corrected chi connectivity index (χ4v) is 1.19. The molecule has 0 spiro atoms. The summed E-state index contributed by atoms with van der Waals surface area (Å²) in [6, 6.07) is 5.58. The van der Waals surface area contributed by atoms with Gasteiger partial charge in [-0.2, -0.15) is 0 Å². The molecule has 0 unspecified atom stereocenters. The van der Waals surface area contributed by atoms with Crippen LogP contribution >= 0.6 is 15.9 Å². The van der Waals surface area contributed by atoms with E-state index in [2.05, 4.69) is 30.9 Å². The van der Waals surface area contributed by atoms with Crippen molar-refractivity contribution in [3.8, 4) is 11.4 Å². The molecule has 0 aliphatic rings. The molecule has 2 heterocycles. The highest BCUT2D eigenvalue weighted by Gasteiger charge is 1.98. The maximum atomic E-state index is 4.11. The van der Waals surface area contributed by atoms with Crippen LogP contribution in [0.4, 0.5) is 0 Å². The Kier molecular flexibility index (Phi) is 2.31. The van der Waals surface area contributed by atoms with Gasteiger partial charge in [0.05, 0.1) is 0 Å². The van der Waals surface area contributed by atoms with Crippen molar-refractivity contribution in [2.75, 3.05) is 0 Å². The normalized spacial score (nSPS) is 9.92. The third-order valence-corrected chi connectivity index (χ3v) is 2.02. The summed E-state index contributed by atoms with van der Waals surface area (Å²) in [5, 5.41) is 0. The Hall–Kier alpha value is -1.29. The molecule has 0 atom stereocenters. The van der Waals surface area contributed by atoms with Gasteiger partial charge in [0.15, 0.2) is 5.82 Å². The zero-order valence-electron chi connectivity index (χ0n) is 6.68. The van der Waals surface area contributed by atoms with Crippen molar-refractivity contribution < 1.29 is 0 Å². The van der Waals surface area contributed by atoms with Gasteiger partial charge in [0, 0.05) is 24.2 Å². The van der Waals surface area contributed by atoms with Crippen molar-refractivity contribution in [2.24, 2.45) is 0 Å². The third kappa shape index (κ3) is 1.89. The first-order valence-corrected chi connectivity index (χ1v) is 4.54. The van der Waals surface area contributed by atoms with Crippen LogP contribution in [0, 0.1) is 0 Å². The SMILES string of the molecule is Brc1ccc(-c2ncccn2)cn1. The minimum Gasteiger partial charge on any atom is -0.249 e. The summed E-state index contributed by atoms with van der Waals surface area (Å²) in [4.78, 5) is 12.3. The Morgan fingerprint density at radius 2 is 1.77 bits per heavy atom. The lowest BCUT2D eigenvalue weighted by atomic mass is 10.3. The van der Waals surface area contributed by atoms with Gasteiger partial charge in [-0.25, -0.2) is 15.0 Å². The van der Waals surface area contributed by atoms with Gasteiger partial charge >= 0.3 is 0 Å². The Labute approximate surface area is 84.0 Å². The van der Waals surface area contributed by atoms with Gasteiger partial charge in [0.1, 0.15) is 4.60 Å². The van der Waals surface area contributed by atoms with Gasteiger partial charge in [-0.15, -0.1) is 0 Å². The van der Waals surface area contributed by atoms with E-state index in [1.807, 2.05) is 12.1 Å². The zero-order chi connectivity index (χ0) is 9.10. The van der Waals surface area contributed by atoms with Gasteiger partial charge < -0.3 is 0 Å². The summed E-state index contributed by atoms with van der Waals surface area (Å²) in [7, 11) is 0. The van der Waals surface area contributed by atoms with E-state index in [4.69, 9.17) is 0 Å². The molecule has 3 nitrogen and oxygen atoms in total. The molecule has 2 aromatic heterocycles. The highest BCUT2D eigenvalue weighted by atomic mass is 79.9. The van der Waals surface area contributed by atoms with Crippen LogP contribution in [-0.2, 0) is 0 Å². The predicted molar refractivity (Wildman–Crippen MR) is 53.0 cm³/mol. The summed E-state index contributed by atoms with van der Waals surface area (Å²) in [6.45, 7) is 0. The first-order valence-electron chi connectivity index (χ1n) is 3.75. The standard InChI is InChI=1S/C9H6BrN3/c10-8-3-2-7(6-13-8)9-11-4-1-5-12-9/h1-6H. The highest BCUT2D eigenvalue weighted by Crippen LogP contribution is 2.14. The summed E-state index contributed by atoms with van der Waals surface area (Å²) < 4.78 is 0.812.